The van der Waals surface area contributed by atoms with Crippen molar-refractivity contribution in [3.05, 3.63) is 40.1 Å². The number of nitrogens with zero attached hydrogens (tertiary/aromatic N) is 2. The third-order valence-corrected chi connectivity index (χ3v) is 4.04. The van der Waals surface area contributed by atoms with Gasteiger partial charge in [-0.3, -0.25) is 10.1 Å². The molecule has 6 nitrogen and oxygen atoms in total. The Bertz CT molecular complexity index is 711. The van der Waals surface area contributed by atoms with E-state index in [0.29, 0.717) is 23.1 Å². The minimum Gasteiger partial charge on any atom is -0.388 e. The number of benzene rings is 1. The number of aliphatic hydroxyl groups is 1. The number of aryl methyl sites for hydroxylation is 1. The molecule has 1 saturated carbocycles. The molecule has 0 spiro atoms. The summed E-state index contributed by atoms with van der Waals surface area (Å²) in [5.41, 5.74) is 1.22. The van der Waals surface area contributed by atoms with Crippen molar-refractivity contribution >= 4 is 22.3 Å². The van der Waals surface area contributed by atoms with Crippen LogP contribution in [0.15, 0.2) is 24.3 Å². The Kier molecular flexibility index (Phi) is 3.25. The van der Waals surface area contributed by atoms with E-state index >= 15 is 0 Å². The van der Waals surface area contributed by atoms with Crippen LogP contribution in [-0.2, 0) is 0 Å². The lowest BCUT2D eigenvalue weighted by molar-refractivity contribution is -0.383. The molecule has 3 rings (SSSR count). The van der Waals surface area contributed by atoms with Crippen molar-refractivity contribution in [2.45, 2.75) is 31.8 Å². The van der Waals surface area contributed by atoms with E-state index in [-0.39, 0.29) is 5.69 Å². The van der Waals surface area contributed by atoms with Gasteiger partial charge in [-0.1, -0.05) is 12.1 Å². The Hall–Kier alpha value is -2.21. The zero-order valence-electron chi connectivity index (χ0n) is 11.8. The number of nitro benzene ring substituents is 1. The number of rotatable bonds is 4. The molecule has 2 aromatic rings. The molecule has 1 aliphatic rings. The van der Waals surface area contributed by atoms with Crippen LogP contribution in [0, 0.1) is 17.0 Å². The van der Waals surface area contributed by atoms with E-state index in [1.165, 1.54) is 6.07 Å². The number of pyridine rings is 1. The minimum absolute atomic E-state index is 0.00149. The first-order chi connectivity index (χ1) is 9.98. The van der Waals surface area contributed by atoms with Gasteiger partial charge in [0, 0.05) is 29.4 Å². The summed E-state index contributed by atoms with van der Waals surface area (Å²) in [6.07, 6.45) is 2.63. The van der Waals surface area contributed by atoms with Crippen molar-refractivity contribution in [3.63, 3.8) is 0 Å². The average molecular weight is 287 g/mol. The summed E-state index contributed by atoms with van der Waals surface area (Å²) >= 11 is 0. The fraction of sp³-hybridized carbons (Fsp3) is 0.400. The van der Waals surface area contributed by atoms with Crippen LogP contribution >= 0.6 is 0 Å². The van der Waals surface area contributed by atoms with Gasteiger partial charge in [-0.2, -0.15) is 0 Å². The smallest absolute Gasteiger partial charge is 0.295 e. The second-order valence-corrected chi connectivity index (χ2v) is 5.67. The van der Waals surface area contributed by atoms with Gasteiger partial charge in [-0.25, -0.2) is 4.98 Å². The molecular weight excluding hydrogens is 270 g/mol. The summed E-state index contributed by atoms with van der Waals surface area (Å²) < 4.78 is 0. The maximum absolute atomic E-state index is 11.1. The molecule has 1 aliphatic carbocycles. The number of fused-ring (bicyclic) bond motifs is 1. The minimum atomic E-state index is -0.649. The highest BCUT2D eigenvalue weighted by Crippen LogP contribution is 2.34. The molecule has 0 amide bonds. The SMILES string of the molecule is Cc1cc(NCC2(O)CCC2)c2cccc([N+](=O)[O-])c2n1. The molecule has 0 bridgehead atoms. The lowest BCUT2D eigenvalue weighted by atomic mass is 9.80. The molecule has 0 radical (unpaired) electrons. The third-order valence-electron chi connectivity index (χ3n) is 4.04. The monoisotopic (exact) mass is 287 g/mol. The van der Waals surface area contributed by atoms with Crippen LogP contribution in [0.1, 0.15) is 25.0 Å². The number of hydrogen-bond donors (Lipinski definition) is 2. The van der Waals surface area contributed by atoms with Gasteiger partial charge in [-0.05, 0) is 32.3 Å². The highest BCUT2D eigenvalue weighted by Gasteiger charge is 2.34. The van der Waals surface area contributed by atoms with Gasteiger partial charge < -0.3 is 10.4 Å². The number of aromatic nitrogens is 1. The van der Waals surface area contributed by atoms with Gasteiger partial charge in [0.1, 0.15) is 0 Å². The Balaban J connectivity index is 2.01. The van der Waals surface area contributed by atoms with E-state index < -0.39 is 10.5 Å². The molecule has 0 aliphatic heterocycles. The summed E-state index contributed by atoms with van der Waals surface area (Å²) in [6, 6.07) is 6.77. The second kappa shape index (κ2) is 4.96. The van der Waals surface area contributed by atoms with Crippen LogP contribution in [-0.4, -0.2) is 27.2 Å². The van der Waals surface area contributed by atoms with E-state index in [4.69, 9.17) is 0 Å². The van der Waals surface area contributed by atoms with Gasteiger partial charge in [0.05, 0.1) is 10.5 Å². The number of anilines is 1. The first-order valence-electron chi connectivity index (χ1n) is 7.00. The third kappa shape index (κ3) is 2.54. The highest BCUT2D eigenvalue weighted by molar-refractivity contribution is 5.96. The predicted octanol–water partition coefficient (Wildman–Crippen LogP) is 2.78. The quantitative estimate of drug-likeness (QED) is 0.666. The van der Waals surface area contributed by atoms with E-state index in [1.54, 1.807) is 13.0 Å². The number of nitro groups is 1. The van der Waals surface area contributed by atoms with Gasteiger partial charge in [0.2, 0.25) is 0 Å². The lowest BCUT2D eigenvalue weighted by Crippen LogP contribution is -2.43. The van der Waals surface area contributed by atoms with E-state index in [9.17, 15) is 15.2 Å². The summed E-state index contributed by atoms with van der Waals surface area (Å²) in [5.74, 6) is 0. The van der Waals surface area contributed by atoms with E-state index in [1.807, 2.05) is 12.1 Å². The Labute approximate surface area is 122 Å². The maximum Gasteiger partial charge on any atom is 0.295 e. The van der Waals surface area contributed by atoms with Crippen LogP contribution in [0.25, 0.3) is 10.9 Å². The Morgan fingerprint density at radius 1 is 1.48 bits per heavy atom. The molecular formula is C15H17N3O3. The van der Waals surface area contributed by atoms with Crippen LogP contribution < -0.4 is 5.32 Å². The van der Waals surface area contributed by atoms with Gasteiger partial charge in [0.15, 0.2) is 5.52 Å². The molecule has 6 heteroatoms. The number of nitrogens with one attached hydrogen (secondary N) is 1. The molecule has 1 aromatic heterocycles. The molecule has 1 aromatic carbocycles. The Morgan fingerprint density at radius 3 is 2.86 bits per heavy atom. The molecule has 21 heavy (non-hydrogen) atoms. The molecule has 0 unspecified atom stereocenters. The van der Waals surface area contributed by atoms with Gasteiger partial charge in [-0.15, -0.1) is 0 Å². The fourth-order valence-electron chi connectivity index (χ4n) is 2.68. The van der Waals surface area contributed by atoms with Crippen LogP contribution in [0.3, 0.4) is 0 Å². The summed E-state index contributed by atoms with van der Waals surface area (Å²) in [6.45, 7) is 2.26. The average Bonchev–Trinajstić information content (AvgIpc) is 2.41. The van der Waals surface area contributed by atoms with Crippen molar-refractivity contribution in [2.24, 2.45) is 0 Å². The Morgan fingerprint density at radius 2 is 2.24 bits per heavy atom. The fourth-order valence-corrected chi connectivity index (χ4v) is 2.68. The zero-order chi connectivity index (χ0) is 15.0. The second-order valence-electron chi connectivity index (χ2n) is 5.67. The van der Waals surface area contributed by atoms with Crippen LogP contribution in [0.5, 0.6) is 0 Å². The summed E-state index contributed by atoms with van der Waals surface area (Å²) in [5, 5.41) is 25.2. The van der Waals surface area contributed by atoms with Crippen molar-refractivity contribution < 1.29 is 10.0 Å². The van der Waals surface area contributed by atoms with E-state index in [0.717, 1.165) is 24.9 Å². The van der Waals surface area contributed by atoms with Crippen molar-refractivity contribution in [1.82, 2.24) is 4.98 Å². The van der Waals surface area contributed by atoms with Crippen molar-refractivity contribution in [2.75, 3.05) is 11.9 Å². The van der Waals surface area contributed by atoms with Crippen LogP contribution in [0.2, 0.25) is 0 Å². The van der Waals surface area contributed by atoms with Gasteiger partial charge in [0.25, 0.3) is 5.69 Å². The number of para-hydroxylation sites is 1. The van der Waals surface area contributed by atoms with Gasteiger partial charge >= 0.3 is 0 Å². The molecule has 1 heterocycles. The largest absolute Gasteiger partial charge is 0.388 e. The standard InChI is InChI=1S/C15H17N3O3/c1-10-8-12(16-9-15(19)6-3-7-15)11-4-2-5-13(18(20)21)14(11)17-10/h2,4-5,8,19H,3,6-7,9H2,1H3,(H,16,17). The first kappa shape index (κ1) is 13.8. The highest BCUT2D eigenvalue weighted by atomic mass is 16.6. The summed E-state index contributed by atoms with van der Waals surface area (Å²) in [7, 11) is 0. The molecule has 0 atom stereocenters. The summed E-state index contributed by atoms with van der Waals surface area (Å²) in [4.78, 5) is 15.0. The lowest BCUT2D eigenvalue weighted by Gasteiger charge is -2.37. The number of non-ortho nitro benzene ring substituents is 1. The zero-order valence-corrected chi connectivity index (χ0v) is 11.8. The van der Waals surface area contributed by atoms with E-state index in [2.05, 4.69) is 10.3 Å². The maximum atomic E-state index is 11.1. The molecule has 1 fully saturated rings. The number of hydrogen-bond acceptors (Lipinski definition) is 5. The molecule has 0 saturated heterocycles. The molecule has 2 N–H and O–H groups in total. The topological polar surface area (TPSA) is 88.3 Å². The first-order valence-corrected chi connectivity index (χ1v) is 7.00. The predicted molar refractivity (Wildman–Crippen MR) is 80.4 cm³/mol. The van der Waals surface area contributed by atoms with Crippen molar-refractivity contribution in [1.29, 1.82) is 0 Å². The normalized spacial score (nSPS) is 16.5. The van der Waals surface area contributed by atoms with Crippen molar-refractivity contribution in [3.8, 4) is 0 Å². The molecule has 110 valence electrons. The van der Waals surface area contributed by atoms with Crippen LogP contribution in [0.4, 0.5) is 11.4 Å².